The molecule has 0 aliphatic heterocycles. The molecule has 2 aromatic rings. The molecule has 29 heavy (non-hydrogen) atoms. The molecule has 10 nitrogen and oxygen atoms in total. The Morgan fingerprint density at radius 1 is 1.17 bits per heavy atom. The predicted molar refractivity (Wildman–Crippen MR) is 105 cm³/mol. The fourth-order valence-corrected chi connectivity index (χ4v) is 2.36. The third-order valence-electron chi connectivity index (χ3n) is 3.91. The number of rotatable bonds is 8. The highest BCUT2D eigenvalue weighted by atomic mass is 16.6. The highest BCUT2D eigenvalue weighted by molar-refractivity contribution is 5.97. The Bertz CT molecular complexity index is 958. The summed E-state index contributed by atoms with van der Waals surface area (Å²) in [6.45, 7) is 1.22. The first-order valence-corrected chi connectivity index (χ1v) is 8.43. The second kappa shape index (κ2) is 9.83. The van der Waals surface area contributed by atoms with E-state index in [0.29, 0.717) is 22.6 Å². The Morgan fingerprint density at radius 2 is 1.93 bits per heavy atom. The van der Waals surface area contributed by atoms with Crippen LogP contribution in [0.15, 0.2) is 41.5 Å². The molecular weight excluding hydrogens is 380 g/mol. The molecule has 0 radical (unpaired) electrons. The lowest BCUT2D eigenvalue weighted by molar-refractivity contribution is -0.385. The van der Waals surface area contributed by atoms with Crippen molar-refractivity contribution < 1.29 is 24.0 Å². The van der Waals surface area contributed by atoms with E-state index >= 15 is 0 Å². The second-order valence-corrected chi connectivity index (χ2v) is 5.84. The number of nitrogens with zero attached hydrogens (tertiary/aromatic N) is 2. The van der Waals surface area contributed by atoms with Gasteiger partial charge in [0.15, 0.2) is 0 Å². The molecule has 0 spiro atoms. The molecule has 0 saturated heterocycles. The predicted octanol–water partition coefficient (Wildman–Crippen LogP) is 1.80. The van der Waals surface area contributed by atoms with Gasteiger partial charge in [0, 0.05) is 22.8 Å². The van der Waals surface area contributed by atoms with Crippen molar-refractivity contribution in [3.63, 3.8) is 0 Å². The van der Waals surface area contributed by atoms with Crippen molar-refractivity contribution in [1.29, 1.82) is 0 Å². The van der Waals surface area contributed by atoms with Crippen molar-refractivity contribution >= 4 is 23.7 Å². The van der Waals surface area contributed by atoms with E-state index in [1.54, 1.807) is 25.1 Å². The maximum atomic E-state index is 12.1. The SMILES string of the molecule is COc1ccc(OC)c(/C=N\NC(=O)CNC(=O)c2ccc(C)c([N+](=O)[O-])c2)c1. The van der Waals surface area contributed by atoms with Crippen molar-refractivity contribution in [2.75, 3.05) is 20.8 Å². The van der Waals surface area contributed by atoms with Gasteiger partial charge in [0.2, 0.25) is 0 Å². The first-order chi connectivity index (χ1) is 13.8. The molecule has 0 aromatic heterocycles. The van der Waals surface area contributed by atoms with Crippen LogP contribution >= 0.6 is 0 Å². The van der Waals surface area contributed by atoms with Crippen LogP contribution in [0.1, 0.15) is 21.5 Å². The van der Waals surface area contributed by atoms with Crippen molar-refractivity contribution in [1.82, 2.24) is 10.7 Å². The van der Waals surface area contributed by atoms with Gasteiger partial charge in [0.05, 0.1) is 31.9 Å². The molecular formula is C19H20N4O6. The average Bonchev–Trinajstić information content (AvgIpc) is 2.71. The summed E-state index contributed by atoms with van der Waals surface area (Å²) >= 11 is 0. The summed E-state index contributed by atoms with van der Waals surface area (Å²) in [5.41, 5.74) is 3.22. The number of carbonyl (C=O) groups is 2. The topological polar surface area (TPSA) is 132 Å². The number of hydrazone groups is 1. The summed E-state index contributed by atoms with van der Waals surface area (Å²) in [7, 11) is 3.03. The molecule has 2 amide bonds. The molecule has 0 aliphatic rings. The van der Waals surface area contributed by atoms with Crippen LogP contribution < -0.4 is 20.2 Å². The summed E-state index contributed by atoms with van der Waals surface area (Å²) in [5.74, 6) is -0.0455. The Morgan fingerprint density at radius 3 is 2.59 bits per heavy atom. The third-order valence-corrected chi connectivity index (χ3v) is 3.91. The Kier molecular flexibility index (Phi) is 7.24. The Balaban J connectivity index is 1.93. The van der Waals surface area contributed by atoms with E-state index in [4.69, 9.17) is 9.47 Å². The van der Waals surface area contributed by atoms with Crippen molar-refractivity contribution in [2.24, 2.45) is 5.10 Å². The molecule has 0 aliphatic carbocycles. The number of nitro benzene ring substituents is 1. The summed E-state index contributed by atoms with van der Waals surface area (Å²) in [4.78, 5) is 34.4. The number of ether oxygens (including phenoxy) is 2. The van der Waals surface area contributed by atoms with Crippen LogP contribution in [-0.2, 0) is 4.79 Å². The van der Waals surface area contributed by atoms with E-state index in [1.165, 1.54) is 32.6 Å². The monoisotopic (exact) mass is 400 g/mol. The third kappa shape index (κ3) is 5.76. The maximum Gasteiger partial charge on any atom is 0.273 e. The number of aryl methyl sites for hydroxylation is 1. The molecule has 0 unspecified atom stereocenters. The van der Waals surface area contributed by atoms with Gasteiger partial charge in [-0.15, -0.1) is 0 Å². The lowest BCUT2D eigenvalue weighted by Gasteiger charge is -2.07. The van der Waals surface area contributed by atoms with Gasteiger partial charge in [-0.3, -0.25) is 19.7 Å². The molecule has 0 heterocycles. The van der Waals surface area contributed by atoms with E-state index in [2.05, 4.69) is 15.8 Å². The highest BCUT2D eigenvalue weighted by Gasteiger charge is 2.15. The fourth-order valence-electron chi connectivity index (χ4n) is 2.36. The molecule has 0 saturated carbocycles. The molecule has 0 fully saturated rings. The zero-order valence-corrected chi connectivity index (χ0v) is 16.1. The molecule has 2 aromatic carbocycles. The van der Waals surface area contributed by atoms with E-state index in [9.17, 15) is 19.7 Å². The van der Waals surface area contributed by atoms with Crippen LogP contribution in [0, 0.1) is 17.0 Å². The van der Waals surface area contributed by atoms with Crippen LogP contribution in [-0.4, -0.2) is 43.7 Å². The molecule has 152 valence electrons. The van der Waals surface area contributed by atoms with Crippen LogP contribution in [0.4, 0.5) is 5.69 Å². The van der Waals surface area contributed by atoms with Gasteiger partial charge in [-0.1, -0.05) is 6.07 Å². The molecule has 2 rings (SSSR count). The van der Waals surface area contributed by atoms with Crippen molar-refractivity contribution in [3.05, 3.63) is 63.2 Å². The lowest BCUT2D eigenvalue weighted by Crippen LogP contribution is -2.34. The zero-order valence-electron chi connectivity index (χ0n) is 16.1. The maximum absolute atomic E-state index is 12.1. The summed E-state index contributed by atoms with van der Waals surface area (Å²) in [5, 5.41) is 17.2. The number of benzene rings is 2. The first kappa shape index (κ1) is 21.4. The number of nitrogens with one attached hydrogen (secondary N) is 2. The minimum Gasteiger partial charge on any atom is -0.497 e. The lowest BCUT2D eigenvalue weighted by atomic mass is 10.1. The molecule has 0 bridgehead atoms. The average molecular weight is 400 g/mol. The summed E-state index contributed by atoms with van der Waals surface area (Å²) in [6.07, 6.45) is 1.38. The van der Waals surface area contributed by atoms with E-state index in [1.807, 2.05) is 0 Å². The number of hydrogen-bond acceptors (Lipinski definition) is 7. The number of methoxy groups -OCH3 is 2. The van der Waals surface area contributed by atoms with Gasteiger partial charge in [-0.25, -0.2) is 5.43 Å². The Hall–Kier alpha value is -3.95. The van der Waals surface area contributed by atoms with E-state index < -0.39 is 16.7 Å². The quantitative estimate of drug-likeness (QED) is 0.394. The van der Waals surface area contributed by atoms with Gasteiger partial charge in [0.25, 0.3) is 17.5 Å². The smallest absolute Gasteiger partial charge is 0.273 e. The van der Waals surface area contributed by atoms with Crippen LogP contribution in [0.3, 0.4) is 0 Å². The van der Waals surface area contributed by atoms with Gasteiger partial charge in [-0.2, -0.15) is 5.10 Å². The highest BCUT2D eigenvalue weighted by Crippen LogP contribution is 2.22. The number of hydrogen-bond donors (Lipinski definition) is 2. The zero-order chi connectivity index (χ0) is 21.4. The largest absolute Gasteiger partial charge is 0.497 e. The van der Waals surface area contributed by atoms with Gasteiger partial charge < -0.3 is 14.8 Å². The molecule has 10 heteroatoms. The van der Waals surface area contributed by atoms with Crippen LogP contribution in [0.2, 0.25) is 0 Å². The molecule has 2 N–H and O–H groups in total. The van der Waals surface area contributed by atoms with Gasteiger partial charge in [0.1, 0.15) is 11.5 Å². The number of carbonyl (C=O) groups excluding carboxylic acids is 2. The minimum absolute atomic E-state index is 0.0831. The normalized spacial score (nSPS) is 10.4. The Labute approximate surface area is 166 Å². The van der Waals surface area contributed by atoms with Crippen molar-refractivity contribution in [2.45, 2.75) is 6.92 Å². The first-order valence-electron chi connectivity index (χ1n) is 8.43. The van der Waals surface area contributed by atoms with Crippen LogP contribution in [0.5, 0.6) is 11.5 Å². The summed E-state index contributed by atoms with van der Waals surface area (Å²) in [6, 6.07) is 9.18. The standard InChI is InChI=1S/C19H20N4O6/c1-12-4-5-13(9-16(12)23(26)27)19(25)20-11-18(24)22-21-10-14-8-15(28-2)6-7-17(14)29-3/h4-10H,11H2,1-3H3,(H,20,25)(H,22,24)/b21-10-. The fraction of sp³-hybridized carbons (Fsp3) is 0.211. The number of nitro groups is 1. The van der Waals surface area contributed by atoms with E-state index in [-0.39, 0.29) is 17.8 Å². The summed E-state index contributed by atoms with van der Waals surface area (Å²) < 4.78 is 10.3. The van der Waals surface area contributed by atoms with Crippen molar-refractivity contribution in [3.8, 4) is 11.5 Å². The van der Waals surface area contributed by atoms with Gasteiger partial charge >= 0.3 is 0 Å². The van der Waals surface area contributed by atoms with E-state index in [0.717, 1.165) is 6.07 Å². The minimum atomic E-state index is -0.610. The molecule has 0 atom stereocenters. The second-order valence-electron chi connectivity index (χ2n) is 5.84. The number of amides is 2. The van der Waals surface area contributed by atoms with Crippen LogP contribution in [0.25, 0.3) is 0 Å². The van der Waals surface area contributed by atoms with Gasteiger partial charge in [-0.05, 0) is 31.2 Å².